The van der Waals surface area contributed by atoms with Gasteiger partial charge in [-0.05, 0) is 62.6 Å². The van der Waals surface area contributed by atoms with Crippen LogP contribution in [0.4, 0.5) is 10.5 Å². The molecule has 1 aromatic carbocycles. The fourth-order valence-electron chi connectivity index (χ4n) is 4.71. The second kappa shape index (κ2) is 9.39. The lowest BCUT2D eigenvalue weighted by Crippen LogP contribution is -2.40. The van der Waals surface area contributed by atoms with Gasteiger partial charge in [0.15, 0.2) is 5.69 Å². The first-order valence-corrected chi connectivity index (χ1v) is 12.1. The smallest absolute Gasteiger partial charge is 0.355 e. The molecule has 2 aromatic rings. The first-order chi connectivity index (χ1) is 14.9. The van der Waals surface area contributed by atoms with Crippen LogP contribution in [0.2, 0.25) is 0 Å². The number of carboxylic acids is 1. The van der Waals surface area contributed by atoms with Crippen LogP contribution in [0.1, 0.15) is 88.3 Å². The third-order valence-electron chi connectivity index (χ3n) is 6.61. The van der Waals surface area contributed by atoms with Gasteiger partial charge < -0.3 is 15.3 Å². The van der Waals surface area contributed by atoms with Crippen molar-refractivity contribution >= 4 is 29.0 Å². The van der Waals surface area contributed by atoms with E-state index in [9.17, 15) is 14.7 Å². The molecule has 2 aliphatic rings. The van der Waals surface area contributed by atoms with Gasteiger partial charge in [-0.1, -0.05) is 31.4 Å². The van der Waals surface area contributed by atoms with Crippen molar-refractivity contribution in [2.75, 3.05) is 18.4 Å². The molecule has 6 nitrogen and oxygen atoms in total. The number of aryl methyl sites for hydroxylation is 2. The number of hydrogen-bond donors (Lipinski definition) is 2. The van der Waals surface area contributed by atoms with E-state index in [1.54, 1.807) is 11.3 Å². The molecule has 0 atom stereocenters. The summed E-state index contributed by atoms with van der Waals surface area (Å²) in [7, 11) is 0. The summed E-state index contributed by atoms with van der Waals surface area (Å²) in [4.78, 5) is 32.0. The van der Waals surface area contributed by atoms with Gasteiger partial charge in [0.2, 0.25) is 0 Å². The Kier molecular flexibility index (Phi) is 6.60. The Morgan fingerprint density at radius 1 is 1.06 bits per heavy atom. The number of carboxylic acid groups (broad SMARTS) is 1. The number of aromatic nitrogens is 1. The van der Waals surface area contributed by atoms with Gasteiger partial charge in [0.1, 0.15) is 0 Å². The summed E-state index contributed by atoms with van der Waals surface area (Å²) in [6.07, 6.45) is 7.36. The SMILES string of the molecule is Cc1ccc(C)c(NC(=O)N2CCC(c3nc(C(=O)O)c(C4CCCCC4)s3)CC2)c1. The van der Waals surface area contributed by atoms with E-state index in [0.29, 0.717) is 19.0 Å². The van der Waals surface area contributed by atoms with E-state index in [1.807, 2.05) is 36.9 Å². The predicted molar refractivity (Wildman–Crippen MR) is 123 cm³/mol. The normalized spacial score (nSPS) is 18.2. The monoisotopic (exact) mass is 441 g/mol. The molecule has 7 heteroatoms. The van der Waals surface area contributed by atoms with Crippen LogP contribution in [0.5, 0.6) is 0 Å². The number of likely N-dealkylation sites (tertiary alicyclic amines) is 1. The average molecular weight is 442 g/mol. The molecular formula is C24H31N3O3S. The summed E-state index contributed by atoms with van der Waals surface area (Å²) in [5.41, 5.74) is 3.29. The number of aromatic carboxylic acids is 1. The largest absolute Gasteiger partial charge is 0.476 e. The number of amides is 2. The molecule has 1 aromatic heterocycles. The number of carbonyl (C=O) groups is 2. The number of hydrogen-bond acceptors (Lipinski definition) is 4. The van der Waals surface area contributed by atoms with Crippen LogP contribution >= 0.6 is 11.3 Å². The van der Waals surface area contributed by atoms with Crippen LogP contribution < -0.4 is 5.32 Å². The Morgan fingerprint density at radius 2 is 1.77 bits per heavy atom. The highest BCUT2D eigenvalue weighted by molar-refractivity contribution is 7.12. The van der Waals surface area contributed by atoms with Crippen molar-refractivity contribution in [1.82, 2.24) is 9.88 Å². The van der Waals surface area contributed by atoms with E-state index in [4.69, 9.17) is 0 Å². The highest BCUT2D eigenvalue weighted by Crippen LogP contribution is 2.41. The number of benzene rings is 1. The zero-order chi connectivity index (χ0) is 22.0. The van der Waals surface area contributed by atoms with Crippen molar-refractivity contribution in [3.63, 3.8) is 0 Å². The number of thiazole rings is 1. The Balaban J connectivity index is 1.41. The van der Waals surface area contributed by atoms with Gasteiger partial charge in [-0.2, -0.15) is 0 Å². The maximum atomic E-state index is 12.8. The molecule has 1 saturated carbocycles. The summed E-state index contributed by atoms with van der Waals surface area (Å²) in [6, 6.07) is 5.98. The molecule has 4 rings (SSSR count). The first-order valence-electron chi connectivity index (χ1n) is 11.3. The zero-order valence-electron chi connectivity index (χ0n) is 18.3. The van der Waals surface area contributed by atoms with Crippen LogP contribution in [0.15, 0.2) is 18.2 Å². The van der Waals surface area contributed by atoms with Gasteiger partial charge in [-0.15, -0.1) is 11.3 Å². The Morgan fingerprint density at radius 3 is 2.45 bits per heavy atom. The average Bonchev–Trinajstić information content (AvgIpc) is 3.23. The molecule has 0 unspecified atom stereocenters. The first kappa shape index (κ1) is 21.8. The Bertz CT molecular complexity index is 957. The second-order valence-corrected chi connectivity index (χ2v) is 9.98. The summed E-state index contributed by atoms with van der Waals surface area (Å²) >= 11 is 1.61. The molecule has 2 N–H and O–H groups in total. The van der Waals surface area contributed by atoms with Crippen LogP contribution in [-0.4, -0.2) is 40.1 Å². The number of anilines is 1. The third-order valence-corrected chi connectivity index (χ3v) is 7.99. The van der Waals surface area contributed by atoms with E-state index < -0.39 is 5.97 Å². The molecule has 0 radical (unpaired) electrons. The highest BCUT2D eigenvalue weighted by Gasteiger charge is 2.31. The highest BCUT2D eigenvalue weighted by atomic mass is 32.1. The minimum atomic E-state index is -0.909. The van der Waals surface area contributed by atoms with Gasteiger partial charge in [-0.3, -0.25) is 0 Å². The zero-order valence-corrected chi connectivity index (χ0v) is 19.1. The summed E-state index contributed by atoms with van der Waals surface area (Å²) in [5.74, 6) is -0.340. The third kappa shape index (κ3) is 4.92. The molecular weight excluding hydrogens is 410 g/mol. The predicted octanol–water partition coefficient (Wildman–Crippen LogP) is 5.92. The number of urea groups is 1. The topological polar surface area (TPSA) is 82.5 Å². The molecule has 166 valence electrons. The van der Waals surface area contributed by atoms with Crippen molar-refractivity contribution < 1.29 is 14.7 Å². The molecule has 2 heterocycles. The van der Waals surface area contributed by atoms with Gasteiger partial charge in [0.05, 0.1) is 5.01 Å². The van der Waals surface area contributed by atoms with Gasteiger partial charge >= 0.3 is 12.0 Å². The second-order valence-electron chi connectivity index (χ2n) is 8.91. The van der Waals surface area contributed by atoms with Crippen LogP contribution in [0.3, 0.4) is 0 Å². The van der Waals surface area contributed by atoms with Crippen molar-refractivity contribution in [3.8, 4) is 0 Å². The Hall–Kier alpha value is -2.41. The van der Waals surface area contributed by atoms with Gasteiger partial charge in [-0.25, -0.2) is 14.6 Å². The number of nitrogens with zero attached hydrogens (tertiary/aromatic N) is 2. The number of nitrogens with one attached hydrogen (secondary N) is 1. The fraction of sp³-hybridized carbons (Fsp3) is 0.542. The molecule has 0 spiro atoms. The van der Waals surface area contributed by atoms with Crippen molar-refractivity contribution in [1.29, 1.82) is 0 Å². The fourth-order valence-corrected chi connectivity index (χ4v) is 6.11. The van der Waals surface area contributed by atoms with Crippen molar-refractivity contribution in [2.45, 2.75) is 70.6 Å². The van der Waals surface area contributed by atoms with E-state index in [0.717, 1.165) is 52.4 Å². The van der Waals surface area contributed by atoms with Crippen LogP contribution in [0, 0.1) is 13.8 Å². The van der Waals surface area contributed by atoms with E-state index in [1.165, 1.54) is 19.3 Å². The van der Waals surface area contributed by atoms with Crippen molar-refractivity contribution in [2.24, 2.45) is 0 Å². The van der Waals surface area contributed by atoms with E-state index >= 15 is 0 Å². The molecule has 2 amide bonds. The van der Waals surface area contributed by atoms with Crippen LogP contribution in [0.25, 0.3) is 0 Å². The van der Waals surface area contributed by atoms with Crippen LogP contribution in [-0.2, 0) is 0 Å². The molecule has 31 heavy (non-hydrogen) atoms. The maximum Gasteiger partial charge on any atom is 0.355 e. The lowest BCUT2D eigenvalue weighted by atomic mass is 9.87. The summed E-state index contributed by atoms with van der Waals surface area (Å²) < 4.78 is 0. The minimum Gasteiger partial charge on any atom is -0.476 e. The molecule has 1 aliphatic heterocycles. The molecule has 1 saturated heterocycles. The Labute approximate surface area is 187 Å². The maximum absolute atomic E-state index is 12.8. The lowest BCUT2D eigenvalue weighted by Gasteiger charge is -2.31. The summed E-state index contributed by atoms with van der Waals surface area (Å²) in [5, 5.41) is 13.7. The molecule has 0 bridgehead atoms. The van der Waals surface area contributed by atoms with Gasteiger partial charge in [0, 0.05) is 29.6 Å². The number of carbonyl (C=O) groups excluding carboxylic acids is 1. The van der Waals surface area contributed by atoms with Gasteiger partial charge in [0.25, 0.3) is 0 Å². The quantitative estimate of drug-likeness (QED) is 0.617. The minimum absolute atomic E-state index is 0.0691. The summed E-state index contributed by atoms with van der Waals surface area (Å²) in [6.45, 7) is 5.32. The van der Waals surface area contributed by atoms with E-state index in [2.05, 4.69) is 10.3 Å². The molecule has 1 aliphatic carbocycles. The van der Waals surface area contributed by atoms with E-state index in [-0.39, 0.29) is 17.6 Å². The standard InChI is InChI=1S/C24H31N3O3S/c1-15-8-9-16(2)19(14-15)25-24(30)27-12-10-18(11-13-27)22-26-20(23(28)29)21(31-22)17-6-4-3-5-7-17/h8-9,14,17-18H,3-7,10-13H2,1-2H3,(H,25,30)(H,28,29). The number of rotatable bonds is 4. The lowest BCUT2D eigenvalue weighted by molar-refractivity contribution is 0.0689. The van der Waals surface area contributed by atoms with Crippen molar-refractivity contribution in [3.05, 3.63) is 44.9 Å². The number of piperidine rings is 1. The molecule has 2 fully saturated rings.